The summed E-state index contributed by atoms with van der Waals surface area (Å²) in [6.45, 7) is 0. The average Bonchev–Trinajstić information content (AvgIpc) is 2.03. The molecule has 1 rings (SSSR count). The minimum absolute atomic E-state index is 0.102. The second kappa shape index (κ2) is 4.21. The van der Waals surface area contributed by atoms with Crippen molar-refractivity contribution in [3.05, 3.63) is 35.4 Å². The Labute approximate surface area is 86.1 Å². The third-order valence-corrected chi connectivity index (χ3v) is 2.93. The zero-order chi connectivity index (χ0) is 9.90. The van der Waals surface area contributed by atoms with Crippen molar-refractivity contribution in [1.82, 2.24) is 0 Å². The number of hydrogen-bond donors (Lipinski definition) is 1. The molecule has 0 aliphatic rings. The van der Waals surface area contributed by atoms with E-state index in [0.717, 1.165) is 10.9 Å². The van der Waals surface area contributed by atoms with Crippen molar-refractivity contribution >= 4 is 26.0 Å². The summed E-state index contributed by atoms with van der Waals surface area (Å²) < 4.78 is 21.4. The van der Waals surface area contributed by atoms with Crippen molar-refractivity contribution in [2.75, 3.05) is 0 Å². The molecule has 0 atom stereocenters. The zero-order valence-electron chi connectivity index (χ0n) is 6.90. The number of hydrogen-bond acceptors (Lipinski definition) is 2. The standard InChI is InChI=1S/C8H10BrNO2S/c9-5-7-1-3-8(4-2-7)6-13(10,11)12/h1-4H,5-6H2,(H2,10,11,12). The van der Waals surface area contributed by atoms with E-state index in [1.165, 1.54) is 0 Å². The number of sulfonamides is 1. The minimum atomic E-state index is -3.41. The first-order chi connectivity index (χ1) is 6.01. The smallest absolute Gasteiger partial charge is 0.213 e. The van der Waals surface area contributed by atoms with E-state index in [-0.39, 0.29) is 5.75 Å². The van der Waals surface area contributed by atoms with E-state index in [9.17, 15) is 8.42 Å². The summed E-state index contributed by atoms with van der Waals surface area (Å²) in [4.78, 5) is 0. The van der Waals surface area contributed by atoms with Gasteiger partial charge in [-0.15, -0.1) is 0 Å². The first kappa shape index (κ1) is 10.7. The lowest BCUT2D eigenvalue weighted by Gasteiger charge is -2.00. The van der Waals surface area contributed by atoms with E-state index in [1.54, 1.807) is 12.1 Å². The molecule has 0 spiro atoms. The highest BCUT2D eigenvalue weighted by atomic mass is 79.9. The summed E-state index contributed by atoms with van der Waals surface area (Å²) >= 11 is 3.30. The van der Waals surface area contributed by atoms with Gasteiger partial charge in [0.1, 0.15) is 0 Å². The normalized spacial score (nSPS) is 11.5. The molecule has 0 aromatic heterocycles. The quantitative estimate of drug-likeness (QED) is 0.838. The first-order valence-electron chi connectivity index (χ1n) is 3.65. The molecule has 5 heteroatoms. The molecule has 0 fully saturated rings. The van der Waals surface area contributed by atoms with Crippen molar-refractivity contribution in [3.63, 3.8) is 0 Å². The van der Waals surface area contributed by atoms with Gasteiger partial charge in [0.2, 0.25) is 10.0 Å². The average molecular weight is 264 g/mol. The van der Waals surface area contributed by atoms with Gasteiger partial charge in [0.05, 0.1) is 5.75 Å². The van der Waals surface area contributed by atoms with Crippen LogP contribution in [0.4, 0.5) is 0 Å². The number of alkyl halides is 1. The second-order valence-electron chi connectivity index (χ2n) is 2.76. The fourth-order valence-corrected chi connectivity index (χ4v) is 1.99. The summed E-state index contributed by atoms with van der Waals surface area (Å²) in [6, 6.07) is 7.27. The molecule has 0 saturated heterocycles. The molecule has 3 nitrogen and oxygen atoms in total. The number of primary sulfonamides is 1. The van der Waals surface area contributed by atoms with Gasteiger partial charge >= 0.3 is 0 Å². The van der Waals surface area contributed by atoms with Gasteiger partial charge in [-0.05, 0) is 11.1 Å². The van der Waals surface area contributed by atoms with E-state index >= 15 is 0 Å². The molecule has 0 unspecified atom stereocenters. The van der Waals surface area contributed by atoms with Crippen LogP contribution < -0.4 is 5.14 Å². The summed E-state index contributed by atoms with van der Waals surface area (Å²) in [5, 5.41) is 5.67. The van der Waals surface area contributed by atoms with Gasteiger partial charge in [-0.25, -0.2) is 13.6 Å². The van der Waals surface area contributed by atoms with Crippen LogP contribution in [0.5, 0.6) is 0 Å². The van der Waals surface area contributed by atoms with Crippen molar-refractivity contribution in [2.45, 2.75) is 11.1 Å². The molecule has 0 radical (unpaired) electrons. The molecule has 0 heterocycles. The van der Waals surface area contributed by atoms with Crippen LogP contribution in [0, 0.1) is 0 Å². The highest BCUT2D eigenvalue weighted by molar-refractivity contribution is 9.08. The maximum absolute atomic E-state index is 10.7. The largest absolute Gasteiger partial charge is 0.228 e. The molecule has 2 N–H and O–H groups in total. The molecular formula is C8H10BrNO2S. The van der Waals surface area contributed by atoms with Gasteiger partial charge < -0.3 is 0 Å². The van der Waals surface area contributed by atoms with Crippen molar-refractivity contribution < 1.29 is 8.42 Å². The molecule has 0 bridgehead atoms. The van der Waals surface area contributed by atoms with Gasteiger partial charge in [0.15, 0.2) is 0 Å². The molecule has 1 aromatic carbocycles. The number of benzene rings is 1. The van der Waals surface area contributed by atoms with Crippen LogP contribution in [0.15, 0.2) is 24.3 Å². The number of nitrogens with two attached hydrogens (primary N) is 1. The molecule has 0 aliphatic heterocycles. The highest BCUT2D eigenvalue weighted by Crippen LogP contribution is 2.09. The fraction of sp³-hybridized carbons (Fsp3) is 0.250. The minimum Gasteiger partial charge on any atom is -0.228 e. The SMILES string of the molecule is NS(=O)(=O)Cc1ccc(CBr)cc1. The summed E-state index contributed by atoms with van der Waals surface area (Å²) in [5.41, 5.74) is 1.82. The fourth-order valence-electron chi connectivity index (χ4n) is 0.957. The summed E-state index contributed by atoms with van der Waals surface area (Å²) in [6.07, 6.45) is 0. The van der Waals surface area contributed by atoms with Crippen LogP contribution in [0.1, 0.15) is 11.1 Å². The molecule has 0 saturated carbocycles. The van der Waals surface area contributed by atoms with Gasteiger partial charge in [-0.3, -0.25) is 0 Å². The lowest BCUT2D eigenvalue weighted by Crippen LogP contribution is -2.14. The number of rotatable bonds is 3. The van der Waals surface area contributed by atoms with Crippen LogP contribution in [-0.4, -0.2) is 8.42 Å². The Bertz CT molecular complexity index is 372. The Kier molecular flexibility index (Phi) is 3.47. The molecule has 0 aliphatic carbocycles. The van der Waals surface area contributed by atoms with Crippen molar-refractivity contribution in [3.8, 4) is 0 Å². The maximum atomic E-state index is 10.7. The van der Waals surface area contributed by atoms with Crippen LogP contribution in [0.25, 0.3) is 0 Å². The Morgan fingerprint density at radius 2 is 1.62 bits per heavy atom. The van der Waals surface area contributed by atoms with Gasteiger partial charge in [-0.1, -0.05) is 40.2 Å². The van der Waals surface area contributed by atoms with E-state index in [2.05, 4.69) is 15.9 Å². The highest BCUT2D eigenvalue weighted by Gasteiger charge is 2.03. The van der Waals surface area contributed by atoms with Crippen LogP contribution >= 0.6 is 15.9 Å². The van der Waals surface area contributed by atoms with Gasteiger partial charge in [0, 0.05) is 5.33 Å². The van der Waals surface area contributed by atoms with E-state index in [1.807, 2.05) is 12.1 Å². The maximum Gasteiger partial charge on any atom is 0.213 e. The van der Waals surface area contributed by atoms with E-state index in [0.29, 0.717) is 5.56 Å². The topological polar surface area (TPSA) is 60.2 Å². The predicted molar refractivity (Wildman–Crippen MR) is 55.9 cm³/mol. The zero-order valence-corrected chi connectivity index (χ0v) is 9.31. The Balaban J connectivity index is 2.81. The van der Waals surface area contributed by atoms with Gasteiger partial charge in [0.25, 0.3) is 0 Å². The molecular weight excluding hydrogens is 254 g/mol. The second-order valence-corrected chi connectivity index (χ2v) is 4.93. The molecule has 13 heavy (non-hydrogen) atoms. The third-order valence-electron chi connectivity index (χ3n) is 1.55. The van der Waals surface area contributed by atoms with E-state index in [4.69, 9.17) is 5.14 Å². The molecule has 0 amide bonds. The van der Waals surface area contributed by atoms with Crippen molar-refractivity contribution in [1.29, 1.82) is 0 Å². The third kappa shape index (κ3) is 3.89. The summed E-state index contributed by atoms with van der Waals surface area (Å²) in [5.74, 6) is -0.102. The number of halogens is 1. The first-order valence-corrected chi connectivity index (χ1v) is 6.49. The van der Waals surface area contributed by atoms with Gasteiger partial charge in [-0.2, -0.15) is 0 Å². The Hall–Kier alpha value is -0.390. The summed E-state index contributed by atoms with van der Waals surface area (Å²) in [7, 11) is -3.41. The lowest BCUT2D eigenvalue weighted by atomic mass is 10.2. The molecule has 1 aromatic rings. The van der Waals surface area contributed by atoms with Crippen LogP contribution in [-0.2, 0) is 21.1 Å². The van der Waals surface area contributed by atoms with Crippen LogP contribution in [0.3, 0.4) is 0 Å². The molecule has 72 valence electrons. The lowest BCUT2D eigenvalue weighted by molar-refractivity contribution is 0.597. The Morgan fingerprint density at radius 3 is 2.00 bits per heavy atom. The monoisotopic (exact) mass is 263 g/mol. The van der Waals surface area contributed by atoms with Crippen LogP contribution in [0.2, 0.25) is 0 Å². The van der Waals surface area contributed by atoms with E-state index < -0.39 is 10.0 Å². The Morgan fingerprint density at radius 1 is 1.15 bits per heavy atom. The predicted octanol–water partition coefficient (Wildman–Crippen LogP) is 1.37. The van der Waals surface area contributed by atoms with Crippen molar-refractivity contribution in [2.24, 2.45) is 5.14 Å².